The fraction of sp³-hybridized carbons (Fsp3) is 0.300. The molecule has 80 valence electrons. The van der Waals surface area contributed by atoms with Gasteiger partial charge in [-0.1, -0.05) is 11.6 Å². The molecule has 0 saturated carbocycles. The number of amides is 1. The summed E-state index contributed by atoms with van der Waals surface area (Å²) in [5, 5.41) is -0.149. The smallest absolute Gasteiger partial charge is 0.228 e. The van der Waals surface area contributed by atoms with Crippen LogP contribution in [0.1, 0.15) is 6.42 Å². The Bertz CT molecular complexity index is 410. The summed E-state index contributed by atoms with van der Waals surface area (Å²) in [4.78, 5) is 12.9. The summed E-state index contributed by atoms with van der Waals surface area (Å²) in [6.45, 7) is 0.418. The van der Waals surface area contributed by atoms with Crippen LogP contribution in [0.3, 0.4) is 0 Å². The van der Waals surface area contributed by atoms with Gasteiger partial charge in [0.25, 0.3) is 0 Å². The van der Waals surface area contributed by atoms with E-state index in [4.69, 9.17) is 23.2 Å². The molecule has 1 atom stereocenters. The van der Waals surface area contributed by atoms with Crippen molar-refractivity contribution in [3.63, 3.8) is 0 Å². The maximum atomic E-state index is 13.2. The Balaban J connectivity index is 2.30. The molecule has 1 fully saturated rings. The van der Waals surface area contributed by atoms with Gasteiger partial charge in [-0.3, -0.25) is 4.79 Å². The van der Waals surface area contributed by atoms with Gasteiger partial charge >= 0.3 is 0 Å². The van der Waals surface area contributed by atoms with Gasteiger partial charge < -0.3 is 4.90 Å². The second-order valence-corrected chi connectivity index (χ2v) is 4.43. The van der Waals surface area contributed by atoms with E-state index in [2.05, 4.69) is 0 Å². The van der Waals surface area contributed by atoms with Crippen LogP contribution < -0.4 is 4.90 Å². The first kappa shape index (κ1) is 10.7. The van der Waals surface area contributed by atoms with Crippen LogP contribution in [0.5, 0.6) is 0 Å². The molecule has 1 heterocycles. The molecule has 1 unspecified atom stereocenters. The van der Waals surface area contributed by atoms with Crippen LogP contribution in [-0.2, 0) is 4.79 Å². The second kappa shape index (κ2) is 3.99. The van der Waals surface area contributed by atoms with Crippen molar-refractivity contribution >= 4 is 34.8 Å². The highest BCUT2D eigenvalue weighted by Crippen LogP contribution is 2.27. The van der Waals surface area contributed by atoms with E-state index in [0.717, 1.165) is 0 Å². The number of nitrogens with zero attached hydrogens (tertiary/aromatic N) is 1. The molecular formula is C10H8Cl2FNO. The summed E-state index contributed by atoms with van der Waals surface area (Å²) in [7, 11) is 0. The van der Waals surface area contributed by atoms with Crippen molar-refractivity contribution in [2.75, 3.05) is 11.4 Å². The number of anilines is 1. The van der Waals surface area contributed by atoms with E-state index in [1.54, 1.807) is 6.07 Å². The number of hydrogen-bond donors (Lipinski definition) is 0. The fourth-order valence-electron chi connectivity index (χ4n) is 1.57. The zero-order valence-corrected chi connectivity index (χ0v) is 9.22. The van der Waals surface area contributed by atoms with Crippen molar-refractivity contribution in [2.24, 2.45) is 0 Å². The SMILES string of the molecule is O=C1CC(Cl)CN1c1ccc(Cl)c(F)c1. The molecule has 0 aliphatic carbocycles. The Kier molecular flexibility index (Phi) is 2.85. The first-order valence-corrected chi connectivity index (χ1v) is 5.29. The first-order chi connectivity index (χ1) is 7.08. The third kappa shape index (κ3) is 2.08. The Morgan fingerprint density at radius 1 is 1.47 bits per heavy atom. The van der Waals surface area contributed by atoms with Gasteiger partial charge in [0.15, 0.2) is 0 Å². The molecule has 0 N–H and O–H groups in total. The highest BCUT2D eigenvalue weighted by atomic mass is 35.5. The molecule has 1 aliphatic rings. The fourth-order valence-corrected chi connectivity index (χ4v) is 1.95. The summed E-state index contributed by atoms with van der Waals surface area (Å²) >= 11 is 11.4. The van der Waals surface area contributed by atoms with E-state index in [1.807, 2.05) is 0 Å². The number of hydrogen-bond acceptors (Lipinski definition) is 1. The molecular weight excluding hydrogens is 240 g/mol. The van der Waals surface area contributed by atoms with Gasteiger partial charge in [0.2, 0.25) is 5.91 Å². The van der Waals surface area contributed by atoms with Crippen LogP contribution in [-0.4, -0.2) is 17.8 Å². The predicted molar refractivity (Wildman–Crippen MR) is 58.0 cm³/mol. The molecule has 1 saturated heterocycles. The van der Waals surface area contributed by atoms with E-state index in [0.29, 0.717) is 18.7 Å². The molecule has 0 bridgehead atoms. The summed E-state index contributed by atoms with van der Waals surface area (Å²) in [5.41, 5.74) is 0.505. The number of halogens is 3. The summed E-state index contributed by atoms with van der Waals surface area (Å²) in [6, 6.07) is 4.29. The summed E-state index contributed by atoms with van der Waals surface area (Å²) in [5.74, 6) is -0.614. The molecule has 1 aromatic carbocycles. The third-order valence-electron chi connectivity index (χ3n) is 2.29. The molecule has 1 aromatic rings. The van der Waals surface area contributed by atoms with E-state index >= 15 is 0 Å². The number of benzene rings is 1. The standard InChI is InChI=1S/C10H8Cl2FNO/c11-6-3-10(15)14(5-6)7-1-2-8(12)9(13)4-7/h1-2,4,6H,3,5H2. The van der Waals surface area contributed by atoms with Crippen molar-refractivity contribution < 1.29 is 9.18 Å². The highest BCUT2D eigenvalue weighted by Gasteiger charge is 2.29. The van der Waals surface area contributed by atoms with Crippen LogP contribution in [0, 0.1) is 5.82 Å². The predicted octanol–water partition coefficient (Wildman–Crippen LogP) is 2.82. The van der Waals surface area contributed by atoms with E-state index in [1.165, 1.54) is 17.0 Å². The largest absolute Gasteiger partial charge is 0.311 e. The summed E-state index contributed by atoms with van der Waals surface area (Å²) in [6.07, 6.45) is 0.297. The molecule has 2 nitrogen and oxygen atoms in total. The number of carbonyl (C=O) groups is 1. The highest BCUT2D eigenvalue weighted by molar-refractivity contribution is 6.30. The van der Waals surface area contributed by atoms with Crippen LogP contribution in [0.25, 0.3) is 0 Å². The average Bonchev–Trinajstić information content (AvgIpc) is 2.50. The molecule has 0 aromatic heterocycles. The zero-order chi connectivity index (χ0) is 11.0. The van der Waals surface area contributed by atoms with Crippen molar-refractivity contribution in [2.45, 2.75) is 11.8 Å². The minimum Gasteiger partial charge on any atom is -0.311 e. The Morgan fingerprint density at radius 3 is 2.73 bits per heavy atom. The van der Waals surface area contributed by atoms with Crippen molar-refractivity contribution in [3.8, 4) is 0 Å². The van der Waals surface area contributed by atoms with Gasteiger partial charge in [-0.15, -0.1) is 11.6 Å². The number of rotatable bonds is 1. The molecule has 5 heteroatoms. The Morgan fingerprint density at radius 2 is 2.20 bits per heavy atom. The lowest BCUT2D eigenvalue weighted by Gasteiger charge is -2.15. The minimum absolute atomic E-state index is 0.0489. The van der Waals surface area contributed by atoms with Crippen LogP contribution in [0.4, 0.5) is 10.1 Å². The average molecular weight is 248 g/mol. The lowest BCUT2D eigenvalue weighted by molar-refractivity contribution is -0.117. The van der Waals surface area contributed by atoms with E-state index in [-0.39, 0.29) is 16.3 Å². The van der Waals surface area contributed by atoms with Gasteiger partial charge in [-0.05, 0) is 18.2 Å². The number of carbonyl (C=O) groups excluding carboxylic acids is 1. The van der Waals surface area contributed by atoms with E-state index < -0.39 is 5.82 Å². The Hall–Kier alpha value is -0.800. The third-order valence-corrected chi connectivity index (χ3v) is 2.89. The second-order valence-electron chi connectivity index (χ2n) is 3.40. The van der Waals surface area contributed by atoms with Crippen molar-refractivity contribution in [1.29, 1.82) is 0 Å². The monoisotopic (exact) mass is 247 g/mol. The van der Waals surface area contributed by atoms with Crippen molar-refractivity contribution in [1.82, 2.24) is 0 Å². The topological polar surface area (TPSA) is 20.3 Å². The van der Waals surface area contributed by atoms with Gasteiger partial charge in [0, 0.05) is 18.7 Å². The molecule has 0 spiro atoms. The van der Waals surface area contributed by atoms with Gasteiger partial charge in [-0.2, -0.15) is 0 Å². The normalized spacial score (nSPS) is 21.1. The first-order valence-electron chi connectivity index (χ1n) is 4.47. The lowest BCUT2D eigenvalue weighted by atomic mass is 10.3. The van der Waals surface area contributed by atoms with Gasteiger partial charge in [0.1, 0.15) is 5.82 Å². The maximum Gasteiger partial charge on any atom is 0.228 e. The van der Waals surface area contributed by atoms with Gasteiger partial charge in [0.05, 0.1) is 10.4 Å². The molecule has 15 heavy (non-hydrogen) atoms. The van der Waals surface area contributed by atoms with Crippen molar-refractivity contribution in [3.05, 3.63) is 29.0 Å². The summed E-state index contributed by atoms with van der Waals surface area (Å²) < 4.78 is 13.2. The Labute approximate surface area is 96.6 Å². The quantitative estimate of drug-likeness (QED) is 0.700. The zero-order valence-electron chi connectivity index (χ0n) is 7.71. The molecule has 0 radical (unpaired) electrons. The molecule has 1 aliphatic heterocycles. The maximum absolute atomic E-state index is 13.2. The van der Waals surface area contributed by atoms with E-state index in [9.17, 15) is 9.18 Å². The molecule has 2 rings (SSSR count). The van der Waals surface area contributed by atoms with Gasteiger partial charge in [-0.25, -0.2) is 4.39 Å². The minimum atomic E-state index is -0.528. The van der Waals surface area contributed by atoms with Crippen LogP contribution in [0.2, 0.25) is 5.02 Å². The lowest BCUT2D eigenvalue weighted by Crippen LogP contribution is -2.24. The van der Waals surface area contributed by atoms with Crippen LogP contribution >= 0.6 is 23.2 Å². The van der Waals surface area contributed by atoms with Crippen LogP contribution in [0.15, 0.2) is 18.2 Å². The number of alkyl halides is 1. The molecule has 1 amide bonds.